The van der Waals surface area contributed by atoms with Gasteiger partial charge in [-0.25, -0.2) is 4.79 Å². The summed E-state index contributed by atoms with van der Waals surface area (Å²) < 4.78 is 0. The number of aliphatic hydroxyl groups is 1. The second-order valence-electron chi connectivity index (χ2n) is 5.36. The molecule has 2 amide bonds. The molecule has 0 saturated carbocycles. The van der Waals surface area contributed by atoms with Gasteiger partial charge in [0, 0.05) is 30.6 Å². The van der Waals surface area contributed by atoms with Crippen molar-refractivity contribution < 1.29 is 9.90 Å². The summed E-state index contributed by atoms with van der Waals surface area (Å²) in [7, 11) is 0. The van der Waals surface area contributed by atoms with Crippen molar-refractivity contribution in [2.75, 3.05) is 19.4 Å². The number of hydrogen-bond donors (Lipinski definition) is 2. The van der Waals surface area contributed by atoms with E-state index in [1.807, 2.05) is 17.0 Å². The van der Waals surface area contributed by atoms with Crippen LogP contribution in [0.4, 0.5) is 4.79 Å². The molecule has 1 aliphatic heterocycles. The van der Waals surface area contributed by atoms with Crippen LogP contribution in [0.3, 0.4) is 0 Å². The van der Waals surface area contributed by atoms with Crippen molar-refractivity contribution in [2.24, 2.45) is 0 Å². The van der Waals surface area contributed by atoms with Gasteiger partial charge in [0.2, 0.25) is 0 Å². The average molecular weight is 308 g/mol. The second-order valence-corrected chi connectivity index (χ2v) is 6.24. The van der Waals surface area contributed by atoms with Crippen molar-refractivity contribution in [3.63, 3.8) is 0 Å². The zero-order valence-electron chi connectivity index (χ0n) is 12.5. The number of thioether (sulfide) groups is 1. The number of likely N-dealkylation sites (tertiary alicyclic amines) is 1. The van der Waals surface area contributed by atoms with Gasteiger partial charge in [-0.2, -0.15) is 0 Å². The molecule has 1 aromatic rings. The number of rotatable bonds is 5. The highest BCUT2D eigenvalue weighted by atomic mass is 32.2. The smallest absolute Gasteiger partial charge is 0.317 e. The van der Waals surface area contributed by atoms with Crippen molar-refractivity contribution in [2.45, 2.75) is 43.2 Å². The van der Waals surface area contributed by atoms with Gasteiger partial charge in [-0.05, 0) is 49.6 Å². The third kappa shape index (κ3) is 4.64. The van der Waals surface area contributed by atoms with Crippen LogP contribution in [-0.2, 0) is 6.54 Å². The topological polar surface area (TPSA) is 52.6 Å². The first kappa shape index (κ1) is 16.2. The van der Waals surface area contributed by atoms with E-state index in [0.717, 1.165) is 31.4 Å². The summed E-state index contributed by atoms with van der Waals surface area (Å²) >= 11 is 1.71. The lowest BCUT2D eigenvalue weighted by Crippen LogP contribution is -2.48. The number of amides is 2. The van der Waals surface area contributed by atoms with E-state index >= 15 is 0 Å². The molecule has 4 nitrogen and oxygen atoms in total. The van der Waals surface area contributed by atoms with E-state index in [0.29, 0.717) is 13.0 Å². The molecule has 0 aliphatic carbocycles. The molecule has 0 unspecified atom stereocenters. The number of nitrogens with zero attached hydrogens (tertiary/aromatic N) is 1. The first-order valence-corrected chi connectivity index (χ1v) is 8.75. The Morgan fingerprint density at radius 1 is 1.38 bits per heavy atom. The summed E-state index contributed by atoms with van der Waals surface area (Å²) in [5.41, 5.74) is 1.11. The molecule has 0 spiro atoms. The van der Waals surface area contributed by atoms with Gasteiger partial charge < -0.3 is 15.3 Å². The predicted molar refractivity (Wildman–Crippen MR) is 86.5 cm³/mol. The molecular formula is C16H24N2O2S. The third-order valence-electron chi connectivity index (χ3n) is 3.95. The van der Waals surface area contributed by atoms with Crippen molar-refractivity contribution in [3.05, 3.63) is 29.8 Å². The minimum absolute atomic E-state index is 0.0120. The fourth-order valence-corrected chi connectivity index (χ4v) is 3.15. The quantitative estimate of drug-likeness (QED) is 0.822. The number of aliphatic hydroxyl groups excluding tert-OH is 1. The Morgan fingerprint density at radius 3 is 2.81 bits per heavy atom. The van der Waals surface area contributed by atoms with Gasteiger partial charge in [-0.3, -0.25) is 0 Å². The van der Waals surface area contributed by atoms with Gasteiger partial charge in [-0.1, -0.05) is 12.1 Å². The van der Waals surface area contributed by atoms with Crippen LogP contribution in [0.25, 0.3) is 0 Å². The Bertz CT molecular complexity index is 448. The Morgan fingerprint density at radius 2 is 2.14 bits per heavy atom. The lowest BCUT2D eigenvalue weighted by atomic mass is 10.0. The first-order chi connectivity index (χ1) is 10.2. The summed E-state index contributed by atoms with van der Waals surface area (Å²) in [5.74, 6) is 0. The van der Waals surface area contributed by atoms with Crippen LogP contribution in [0.1, 0.15) is 31.2 Å². The first-order valence-electron chi connectivity index (χ1n) is 7.53. The maximum absolute atomic E-state index is 12.3. The summed E-state index contributed by atoms with van der Waals surface area (Å²) in [5, 5.41) is 12.1. The zero-order valence-corrected chi connectivity index (χ0v) is 13.4. The van der Waals surface area contributed by atoms with E-state index in [1.54, 1.807) is 11.8 Å². The average Bonchev–Trinajstić information content (AvgIpc) is 2.54. The molecule has 2 rings (SSSR count). The zero-order chi connectivity index (χ0) is 15.1. The van der Waals surface area contributed by atoms with Gasteiger partial charge in [0.05, 0.1) is 0 Å². The van der Waals surface area contributed by atoms with Gasteiger partial charge in [0.15, 0.2) is 0 Å². The van der Waals surface area contributed by atoms with E-state index in [2.05, 4.69) is 23.7 Å². The molecule has 0 bridgehead atoms. The normalized spacial score (nSPS) is 18.6. The van der Waals surface area contributed by atoms with Crippen LogP contribution in [-0.4, -0.2) is 41.5 Å². The van der Waals surface area contributed by atoms with Gasteiger partial charge in [0.1, 0.15) is 0 Å². The number of carbonyl (C=O) groups is 1. The molecule has 0 aromatic heterocycles. The van der Waals surface area contributed by atoms with Crippen LogP contribution >= 0.6 is 11.8 Å². The van der Waals surface area contributed by atoms with Crippen molar-refractivity contribution in [1.82, 2.24) is 10.2 Å². The summed E-state index contributed by atoms with van der Waals surface area (Å²) in [6, 6.07) is 8.41. The van der Waals surface area contributed by atoms with Crippen molar-refractivity contribution >= 4 is 17.8 Å². The summed E-state index contributed by atoms with van der Waals surface area (Å²) in [4.78, 5) is 15.4. The molecule has 1 saturated heterocycles. The number of piperidine rings is 1. The number of urea groups is 1. The Labute approximate surface area is 130 Å². The molecule has 1 aliphatic rings. The fraction of sp³-hybridized carbons (Fsp3) is 0.562. The molecule has 116 valence electrons. The predicted octanol–water partition coefficient (Wildman–Crippen LogP) is 2.86. The van der Waals surface area contributed by atoms with E-state index in [1.165, 1.54) is 4.90 Å². The monoisotopic (exact) mass is 308 g/mol. The fourth-order valence-electron chi connectivity index (χ4n) is 2.74. The number of hydrogen-bond acceptors (Lipinski definition) is 3. The molecule has 2 N–H and O–H groups in total. The Hall–Kier alpha value is -1.20. The Kier molecular flexibility index (Phi) is 6.39. The molecule has 21 heavy (non-hydrogen) atoms. The highest BCUT2D eigenvalue weighted by molar-refractivity contribution is 7.98. The minimum atomic E-state index is -0.0120. The lowest BCUT2D eigenvalue weighted by Gasteiger charge is -2.35. The number of benzene rings is 1. The third-order valence-corrected chi connectivity index (χ3v) is 4.70. The standard InChI is InChI=1S/C16H24N2O2S/c1-21-15-7-5-13(6-8-15)12-17-16(20)18-10-3-2-4-14(18)9-11-19/h5-8,14,19H,2-4,9-12H2,1H3,(H,17,20)/t14-/m0/s1. The highest BCUT2D eigenvalue weighted by Gasteiger charge is 2.25. The van der Waals surface area contributed by atoms with Gasteiger partial charge in [0.25, 0.3) is 0 Å². The van der Waals surface area contributed by atoms with E-state index in [-0.39, 0.29) is 18.7 Å². The molecule has 1 atom stereocenters. The van der Waals surface area contributed by atoms with E-state index < -0.39 is 0 Å². The van der Waals surface area contributed by atoms with Crippen molar-refractivity contribution in [3.8, 4) is 0 Å². The molecule has 1 heterocycles. The number of nitrogens with one attached hydrogen (secondary N) is 1. The van der Waals surface area contributed by atoms with Crippen LogP contribution in [0, 0.1) is 0 Å². The van der Waals surface area contributed by atoms with E-state index in [9.17, 15) is 4.79 Å². The maximum Gasteiger partial charge on any atom is 0.317 e. The molecule has 5 heteroatoms. The summed E-state index contributed by atoms with van der Waals surface area (Å²) in [6.45, 7) is 1.49. The number of carbonyl (C=O) groups excluding carboxylic acids is 1. The Balaban J connectivity index is 1.87. The molecular weight excluding hydrogens is 284 g/mol. The minimum Gasteiger partial charge on any atom is -0.396 e. The maximum atomic E-state index is 12.3. The van der Waals surface area contributed by atoms with Crippen LogP contribution in [0.15, 0.2) is 29.2 Å². The summed E-state index contributed by atoms with van der Waals surface area (Å²) in [6.07, 6.45) is 5.92. The van der Waals surface area contributed by atoms with Gasteiger partial charge >= 0.3 is 6.03 Å². The molecule has 1 fully saturated rings. The van der Waals surface area contributed by atoms with Crippen LogP contribution < -0.4 is 5.32 Å². The van der Waals surface area contributed by atoms with E-state index in [4.69, 9.17) is 5.11 Å². The van der Waals surface area contributed by atoms with Gasteiger partial charge in [-0.15, -0.1) is 11.8 Å². The second kappa shape index (κ2) is 8.29. The largest absolute Gasteiger partial charge is 0.396 e. The molecule has 1 aromatic carbocycles. The van der Waals surface area contributed by atoms with Crippen molar-refractivity contribution in [1.29, 1.82) is 0 Å². The van der Waals surface area contributed by atoms with Crippen LogP contribution in [0.5, 0.6) is 0 Å². The highest BCUT2D eigenvalue weighted by Crippen LogP contribution is 2.19. The lowest BCUT2D eigenvalue weighted by molar-refractivity contribution is 0.131. The SMILES string of the molecule is CSc1ccc(CNC(=O)N2CCCC[C@H]2CCO)cc1. The molecule has 0 radical (unpaired) electrons. The van der Waals surface area contributed by atoms with Crippen LogP contribution in [0.2, 0.25) is 0 Å².